The van der Waals surface area contributed by atoms with Crippen LogP contribution in [0.2, 0.25) is 0 Å². The van der Waals surface area contributed by atoms with Gasteiger partial charge in [0, 0.05) is 16.8 Å². The van der Waals surface area contributed by atoms with Crippen molar-refractivity contribution in [3.63, 3.8) is 0 Å². The van der Waals surface area contributed by atoms with Crippen molar-refractivity contribution in [2.24, 2.45) is 12.5 Å². The van der Waals surface area contributed by atoms with Crippen molar-refractivity contribution in [3.8, 4) is 0 Å². The van der Waals surface area contributed by atoms with Crippen LogP contribution in [0, 0.1) is 12.3 Å². The van der Waals surface area contributed by atoms with Gasteiger partial charge in [-0.05, 0) is 65.0 Å². The molecule has 0 saturated carbocycles. The highest BCUT2D eigenvalue weighted by atomic mass is 15.0. The van der Waals surface area contributed by atoms with E-state index in [-0.39, 0.29) is 5.41 Å². The number of nitrogens with zero attached hydrogens (tertiary/aromatic N) is 2. The van der Waals surface area contributed by atoms with Crippen LogP contribution in [0.25, 0.3) is 49.0 Å². The molecule has 0 fully saturated rings. The minimum atomic E-state index is 0.242. The van der Waals surface area contributed by atoms with E-state index in [2.05, 4.69) is 112 Å². The molecule has 0 spiro atoms. The molecule has 0 aliphatic heterocycles. The molecule has 33 heavy (non-hydrogen) atoms. The first-order valence-electron chi connectivity index (χ1n) is 12.2. The molecule has 6 aromatic rings. The lowest BCUT2D eigenvalue weighted by molar-refractivity contribution is -0.643. The number of rotatable bonds is 2. The molecule has 6 rings (SSSR count). The summed E-state index contributed by atoms with van der Waals surface area (Å²) >= 11 is 0. The van der Waals surface area contributed by atoms with Gasteiger partial charge in [-0.2, -0.15) is 0 Å². The van der Waals surface area contributed by atoms with E-state index >= 15 is 0 Å². The van der Waals surface area contributed by atoms with Crippen LogP contribution >= 0.6 is 0 Å². The smallest absolute Gasteiger partial charge is 0.224 e. The molecule has 3 heterocycles. The zero-order valence-corrected chi connectivity index (χ0v) is 20.9. The molecule has 0 amide bonds. The minimum Gasteiger partial charge on any atom is -0.307 e. The predicted octanol–water partition coefficient (Wildman–Crippen LogP) is 7.83. The summed E-state index contributed by atoms with van der Waals surface area (Å²) in [7, 11) is 2.19. The van der Waals surface area contributed by atoms with Crippen LogP contribution in [-0.2, 0) is 13.5 Å². The summed E-state index contributed by atoms with van der Waals surface area (Å²) in [4.78, 5) is 0. The van der Waals surface area contributed by atoms with Crippen LogP contribution in [0.15, 0.2) is 54.7 Å². The lowest BCUT2D eigenvalue weighted by Gasteiger charge is -2.20. The van der Waals surface area contributed by atoms with E-state index in [0.29, 0.717) is 5.92 Å². The Morgan fingerprint density at radius 1 is 0.879 bits per heavy atom. The molecule has 2 nitrogen and oxygen atoms in total. The summed E-state index contributed by atoms with van der Waals surface area (Å²) in [5.74, 6) is 0.514. The fourth-order valence-electron chi connectivity index (χ4n) is 5.87. The third-order valence-corrected chi connectivity index (χ3v) is 7.32. The van der Waals surface area contributed by atoms with Crippen LogP contribution in [-0.4, -0.2) is 4.40 Å². The summed E-state index contributed by atoms with van der Waals surface area (Å²) in [5, 5.41) is 6.80. The molecule has 0 saturated heterocycles. The summed E-state index contributed by atoms with van der Waals surface area (Å²) in [6.07, 6.45) is 3.29. The topological polar surface area (TPSA) is 8.29 Å². The Kier molecular flexibility index (Phi) is 4.15. The Morgan fingerprint density at radius 2 is 1.67 bits per heavy atom. The number of benzene rings is 3. The number of pyridine rings is 2. The third-order valence-electron chi connectivity index (χ3n) is 7.32. The van der Waals surface area contributed by atoms with Crippen molar-refractivity contribution < 1.29 is 4.57 Å². The van der Waals surface area contributed by atoms with Gasteiger partial charge in [0.15, 0.2) is 6.20 Å². The Morgan fingerprint density at radius 3 is 2.39 bits per heavy atom. The summed E-state index contributed by atoms with van der Waals surface area (Å²) < 4.78 is 4.87. The Bertz CT molecular complexity index is 1710. The third kappa shape index (κ3) is 2.89. The van der Waals surface area contributed by atoms with Crippen molar-refractivity contribution in [2.75, 3.05) is 0 Å². The van der Waals surface area contributed by atoms with Gasteiger partial charge >= 0.3 is 0 Å². The van der Waals surface area contributed by atoms with Gasteiger partial charge in [-0.3, -0.25) is 0 Å². The van der Waals surface area contributed by atoms with E-state index in [9.17, 15) is 0 Å². The highest BCUT2D eigenvalue weighted by molar-refractivity contribution is 6.25. The van der Waals surface area contributed by atoms with Gasteiger partial charge in [0.25, 0.3) is 0 Å². The van der Waals surface area contributed by atoms with Gasteiger partial charge in [-0.1, -0.05) is 58.9 Å². The fourth-order valence-corrected chi connectivity index (χ4v) is 5.87. The van der Waals surface area contributed by atoms with E-state index in [1.165, 1.54) is 65.7 Å². The highest BCUT2D eigenvalue weighted by Gasteiger charge is 2.25. The zero-order valence-electron chi connectivity index (χ0n) is 20.9. The van der Waals surface area contributed by atoms with Crippen LogP contribution in [0.5, 0.6) is 0 Å². The van der Waals surface area contributed by atoms with Gasteiger partial charge in [0.2, 0.25) is 5.52 Å². The van der Waals surface area contributed by atoms with Crippen molar-refractivity contribution in [1.29, 1.82) is 0 Å². The van der Waals surface area contributed by atoms with Gasteiger partial charge in [-0.25, -0.2) is 4.57 Å². The van der Waals surface area contributed by atoms with E-state index in [4.69, 9.17) is 0 Å². The molecule has 0 bridgehead atoms. The molecular weight excluding hydrogens is 400 g/mol. The Labute approximate surface area is 195 Å². The molecule has 166 valence electrons. The van der Waals surface area contributed by atoms with Crippen LogP contribution in [0.1, 0.15) is 57.2 Å². The summed E-state index contributed by atoms with van der Waals surface area (Å²) in [6.45, 7) is 13.8. The summed E-state index contributed by atoms with van der Waals surface area (Å²) in [5.41, 5.74) is 9.73. The number of fused-ring (bicyclic) bond motifs is 5. The predicted molar refractivity (Wildman–Crippen MR) is 142 cm³/mol. The largest absolute Gasteiger partial charge is 0.307 e. The molecule has 2 heteroatoms. The van der Waals surface area contributed by atoms with Crippen LogP contribution in [0.4, 0.5) is 0 Å². The lowest BCUT2D eigenvalue weighted by atomic mass is 9.87. The first kappa shape index (κ1) is 20.5. The number of aromatic nitrogens is 2. The van der Waals surface area contributed by atoms with Crippen molar-refractivity contribution in [1.82, 2.24) is 4.40 Å². The standard InChI is InChI=1S/C31H33N2/c1-18(2)21-9-11-25-24(16-21)23-10-8-19(3)27-29(23)33(25)26-15-20(17-31(4,5)6)14-22-12-13-32(7)30(27)28(22)26/h8-16,18H,17H2,1-7H3/q+1. The number of aryl methyl sites for hydroxylation is 2. The summed E-state index contributed by atoms with van der Waals surface area (Å²) in [6, 6.07) is 18.9. The van der Waals surface area contributed by atoms with Crippen molar-refractivity contribution >= 4 is 49.0 Å². The second kappa shape index (κ2) is 6.70. The second-order valence-corrected chi connectivity index (χ2v) is 11.5. The van der Waals surface area contributed by atoms with E-state index in [1.807, 2.05) is 0 Å². The maximum absolute atomic E-state index is 2.55. The Balaban J connectivity index is 1.93. The highest BCUT2D eigenvalue weighted by Crippen LogP contribution is 2.42. The molecule has 0 atom stereocenters. The first-order valence-corrected chi connectivity index (χ1v) is 12.2. The quantitative estimate of drug-likeness (QED) is 0.149. The molecule has 0 unspecified atom stereocenters. The number of hydrogen-bond acceptors (Lipinski definition) is 0. The average molecular weight is 434 g/mol. The normalized spacial score (nSPS) is 13.1. The zero-order chi connectivity index (χ0) is 23.2. The van der Waals surface area contributed by atoms with Crippen LogP contribution < -0.4 is 4.57 Å². The molecule has 0 N–H and O–H groups in total. The fraction of sp³-hybridized carbons (Fsp3) is 0.323. The van der Waals surface area contributed by atoms with E-state index < -0.39 is 0 Å². The molecule has 3 aromatic heterocycles. The maximum Gasteiger partial charge on any atom is 0.224 e. The molecular formula is C31H33N2+. The van der Waals surface area contributed by atoms with Gasteiger partial charge in [0.05, 0.1) is 27.3 Å². The number of hydrogen-bond donors (Lipinski definition) is 0. The Hall–Kier alpha value is -3.13. The van der Waals surface area contributed by atoms with E-state index in [1.54, 1.807) is 0 Å². The van der Waals surface area contributed by atoms with Gasteiger partial charge in [-0.15, -0.1) is 0 Å². The van der Waals surface area contributed by atoms with Gasteiger partial charge < -0.3 is 4.40 Å². The minimum absolute atomic E-state index is 0.242. The van der Waals surface area contributed by atoms with Gasteiger partial charge in [0.1, 0.15) is 7.05 Å². The maximum atomic E-state index is 2.55. The molecule has 0 radical (unpaired) electrons. The molecule has 3 aromatic carbocycles. The lowest BCUT2D eigenvalue weighted by Crippen LogP contribution is -2.29. The van der Waals surface area contributed by atoms with Crippen LogP contribution in [0.3, 0.4) is 0 Å². The molecule has 0 aliphatic rings. The van der Waals surface area contributed by atoms with Crippen molar-refractivity contribution in [3.05, 3.63) is 71.4 Å². The monoisotopic (exact) mass is 433 g/mol. The van der Waals surface area contributed by atoms with E-state index in [0.717, 1.165) is 6.42 Å². The second-order valence-electron chi connectivity index (χ2n) is 11.5. The SMILES string of the molecule is Cc1ccc2c3cc(C(C)C)ccc3n3c4cc(CC(C)(C)C)cc5cc[n+](C)c(c1c23)c54. The first-order chi connectivity index (χ1) is 15.6. The average Bonchev–Trinajstić information content (AvgIpc) is 3.07. The van der Waals surface area contributed by atoms with Crippen molar-refractivity contribution in [2.45, 2.75) is 53.9 Å². The molecule has 0 aliphatic carbocycles.